The highest BCUT2D eigenvalue weighted by atomic mass is 16.6. The Hall–Kier alpha value is -2.29. The zero-order valence-electron chi connectivity index (χ0n) is 11.3. The summed E-state index contributed by atoms with van der Waals surface area (Å²) in [6, 6.07) is 12.7. The summed E-state index contributed by atoms with van der Waals surface area (Å²) in [5.41, 5.74) is 2.67. The Labute approximate surface area is 112 Å². The summed E-state index contributed by atoms with van der Waals surface area (Å²) >= 11 is 0. The molecule has 3 heteroatoms. The highest BCUT2D eigenvalue weighted by Gasteiger charge is 2.12. The predicted molar refractivity (Wildman–Crippen MR) is 73.9 cm³/mol. The van der Waals surface area contributed by atoms with E-state index in [0.717, 1.165) is 11.1 Å². The molecule has 2 aromatic carbocycles. The number of hydrogen-bond donors (Lipinski definition) is 0. The molecule has 0 atom stereocenters. The van der Waals surface area contributed by atoms with Crippen molar-refractivity contribution < 1.29 is 14.3 Å². The van der Waals surface area contributed by atoms with Crippen molar-refractivity contribution in [2.24, 2.45) is 0 Å². The van der Waals surface area contributed by atoms with Gasteiger partial charge in [0.05, 0.1) is 12.7 Å². The Morgan fingerprint density at radius 3 is 2.16 bits per heavy atom. The third kappa shape index (κ3) is 3.13. The summed E-state index contributed by atoms with van der Waals surface area (Å²) in [5, 5.41) is 0. The maximum atomic E-state index is 12.0. The molecular weight excluding hydrogens is 240 g/mol. The lowest BCUT2D eigenvalue weighted by Gasteiger charge is -2.09. The van der Waals surface area contributed by atoms with Gasteiger partial charge in [0.15, 0.2) is 11.5 Å². The average Bonchev–Trinajstić information content (AvgIpc) is 2.41. The van der Waals surface area contributed by atoms with E-state index in [1.807, 2.05) is 38.1 Å². The molecule has 98 valence electrons. The van der Waals surface area contributed by atoms with Crippen molar-refractivity contribution in [3.63, 3.8) is 0 Å². The summed E-state index contributed by atoms with van der Waals surface area (Å²) in [4.78, 5) is 12.0. The van der Waals surface area contributed by atoms with E-state index >= 15 is 0 Å². The van der Waals surface area contributed by atoms with E-state index in [1.54, 1.807) is 25.3 Å². The van der Waals surface area contributed by atoms with Crippen LogP contribution in [0.2, 0.25) is 0 Å². The number of aryl methyl sites for hydroxylation is 2. The van der Waals surface area contributed by atoms with Crippen LogP contribution in [0, 0.1) is 13.8 Å². The van der Waals surface area contributed by atoms with Crippen LogP contribution in [0.25, 0.3) is 0 Å². The Bertz CT molecular complexity index is 585. The Balaban J connectivity index is 2.21. The standard InChI is InChI=1S/C16H16O3/c1-11-4-7-13(8-5-11)16(17)19-14-9-6-12(2)10-15(14)18-3/h4-10H,1-3H3. The summed E-state index contributed by atoms with van der Waals surface area (Å²) in [7, 11) is 1.55. The molecule has 0 radical (unpaired) electrons. The molecular formula is C16H16O3. The van der Waals surface area contributed by atoms with Gasteiger partial charge in [-0.3, -0.25) is 0 Å². The van der Waals surface area contributed by atoms with Crippen LogP contribution in [-0.2, 0) is 0 Å². The van der Waals surface area contributed by atoms with E-state index in [4.69, 9.17) is 9.47 Å². The van der Waals surface area contributed by atoms with Crippen LogP contribution in [0.5, 0.6) is 11.5 Å². The number of esters is 1. The number of rotatable bonds is 3. The number of benzene rings is 2. The van der Waals surface area contributed by atoms with Crippen LogP contribution in [-0.4, -0.2) is 13.1 Å². The van der Waals surface area contributed by atoms with E-state index < -0.39 is 0 Å². The molecule has 0 aliphatic heterocycles. The molecule has 0 fully saturated rings. The van der Waals surface area contributed by atoms with Gasteiger partial charge in [0, 0.05) is 0 Å². The summed E-state index contributed by atoms with van der Waals surface area (Å²) in [6.07, 6.45) is 0. The molecule has 0 bridgehead atoms. The van der Waals surface area contributed by atoms with Crippen molar-refractivity contribution >= 4 is 5.97 Å². The van der Waals surface area contributed by atoms with Crippen molar-refractivity contribution in [2.75, 3.05) is 7.11 Å². The van der Waals surface area contributed by atoms with Crippen LogP contribution in [0.15, 0.2) is 42.5 Å². The minimum atomic E-state index is -0.387. The number of carbonyl (C=O) groups is 1. The average molecular weight is 256 g/mol. The molecule has 2 rings (SSSR count). The normalized spacial score (nSPS) is 10.1. The Morgan fingerprint density at radius 1 is 0.895 bits per heavy atom. The van der Waals surface area contributed by atoms with Gasteiger partial charge in [-0.25, -0.2) is 4.79 Å². The third-order valence-corrected chi connectivity index (χ3v) is 2.81. The molecule has 0 N–H and O–H groups in total. The minimum absolute atomic E-state index is 0.387. The Morgan fingerprint density at radius 2 is 1.53 bits per heavy atom. The first-order valence-electron chi connectivity index (χ1n) is 6.03. The van der Waals surface area contributed by atoms with Gasteiger partial charge >= 0.3 is 5.97 Å². The first kappa shape index (κ1) is 13.1. The van der Waals surface area contributed by atoms with Crippen molar-refractivity contribution in [3.05, 3.63) is 59.2 Å². The summed E-state index contributed by atoms with van der Waals surface area (Å²) in [5.74, 6) is 0.598. The topological polar surface area (TPSA) is 35.5 Å². The summed E-state index contributed by atoms with van der Waals surface area (Å²) in [6.45, 7) is 3.92. The molecule has 0 heterocycles. The highest BCUT2D eigenvalue weighted by Crippen LogP contribution is 2.28. The van der Waals surface area contributed by atoms with Crippen LogP contribution in [0.3, 0.4) is 0 Å². The molecule has 0 aliphatic rings. The predicted octanol–water partition coefficient (Wildman–Crippen LogP) is 3.53. The van der Waals surface area contributed by atoms with Crippen LogP contribution in [0.1, 0.15) is 21.5 Å². The van der Waals surface area contributed by atoms with Crippen LogP contribution >= 0.6 is 0 Å². The molecule has 0 spiro atoms. The van der Waals surface area contributed by atoms with Crippen molar-refractivity contribution in [3.8, 4) is 11.5 Å². The SMILES string of the molecule is COc1cc(C)ccc1OC(=O)c1ccc(C)cc1. The van der Waals surface area contributed by atoms with Gasteiger partial charge < -0.3 is 9.47 Å². The minimum Gasteiger partial charge on any atom is -0.493 e. The first-order valence-corrected chi connectivity index (χ1v) is 6.03. The molecule has 3 nitrogen and oxygen atoms in total. The van der Waals surface area contributed by atoms with Gasteiger partial charge in [-0.05, 0) is 43.7 Å². The third-order valence-electron chi connectivity index (χ3n) is 2.81. The fourth-order valence-electron chi connectivity index (χ4n) is 1.71. The number of hydrogen-bond acceptors (Lipinski definition) is 3. The zero-order valence-corrected chi connectivity index (χ0v) is 11.3. The smallest absolute Gasteiger partial charge is 0.343 e. The van der Waals surface area contributed by atoms with Crippen LogP contribution < -0.4 is 9.47 Å². The maximum absolute atomic E-state index is 12.0. The lowest BCUT2D eigenvalue weighted by atomic mass is 10.1. The number of ether oxygens (including phenoxy) is 2. The van der Waals surface area contributed by atoms with Crippen molar-refractivity contribution in [2.45, 2.75) is 13.8 Å². The molecule has 0 saturated heterocycles. The fraction of sp³-hybridized carbons (Fsp3) is 0.188. The van der Waals surface area contributed by atoms with E-state index in [0.29, 0.717) is 17.1 Å². The lowest BCUT2D eigenvalue weighted by Crippen LogP contribution is -2.09. The van der Waals surface area contributed by atoms with Gasteiger partial charge in [0.2, 0.25) is 0 Å². The Kier molecular flexibility index (Phi) is 3.85. The fourth-order valence-corrected chi connectivity index (χ4v) is 1.71. The zero-order chi connectivity index (χ0) is 13.8. The molecule has 0 aliphatic carbocycles. The second-order valence-electron chi connectivity index (χ2n) is 4.41. The van der Waals surface area contributed by atoms with E-state index in [2.05, 4.69) is 0 Å². The lowest BCUT2D eigenvalue weighted by molar-refractivity contribution is 0.0729. The maximum Gasteiger partial charge on any atom is 0.343 e. The van der Waals surface area contributed by atoms with Gasteiger partial charge in [0.1, 0.15) is 0 Å². The number of methoxy groups -OCH3 is 1. The molecule has 0 aromatic heterocycles. The molecule has 0 amide bonds. The van der Waals surface area contributed by atoms with Gasteiger partial charge in [-0.1, -0.05) is 23.8 Å². The largest absolute Gasteiger partial charge is 0.493 e. The molecule has 0 unspecified atom stereocenters. The highest BCUT2D eigenvalue weighted by molar-refractivity contribution is 5.91. The monoisotopic (exact) mass is 256 g/mol. The first-order chi connectivity index (χ1) is 9.10. The van der Waals surface area contributed by atoms with Crippen LogP contribution in [0.4, 0.5) is 0 Å². The van der Waals surface area contributed by atoms with Gasteiger partial charge in [-0.2, -0.15) is 0 Å². The van der Waals surface area contributed by atoms with Gasteiger partial charge in [-0.15, -0.1) is 0 Å². The summed E-state index contributed by atoms with van der Waals surface area (Å²) < 4.78 is 10.6. The van der Waals surface area contributed by atoms with E-state index in [9.17, 15) is 4.79 Å². The van der Waals surface area contributed by atoms with Crippen molar-refractivity contribution in [1.29, 1.82) is 0 Å². The number of carbonyl (C=O) groups excluding carboxylic acids is 1. The molecule has 0 saturated carbocycles. The molecule has 2 aromatic rings. The van der Waals surface area contributed by atoms with Crippen molar-refractivity contribution in [1.82, 2.24) is 0 Å². The van der Waals surface area contributed by atoms with Gasteiger partial charge in [0.25, 0.3) is 0 Å². The van der Waals surface area contributed by atoms with E-state index in [-0.39, 0.29) is 5.97 Å². The second kappa shape index (κ2) is 5.57. The quantitative estimate of drug-likeness (QED) is 0.622. The molecule has 19 heavy (non-hydrogen) atoms. The second-order valence-corrected chi connectivity index (χ2v) is 4.41. The van der Waals surface area contributed by atoms with E-state index in [1.165, 1.54) is 0 Å².